The summed E-state index contributed by atoms with van der Waals surface area (Å²) < 4.78 is 11.1. The van der Waals surface area contributed by atoms with Gasteiger partial charge in [0.15, 0.2) is 0 Å². The monoisotopic (exact) mass is 415 g/mol. The molecule has 2 aliphatic rings. The molecular weight excluding hydrogens is 390 g/mol. The third kappa shape index (κ3) is 3.36. The number of rotatable bonds is 7. The highest BCUT2D eigenvalue weighted by Crippen LogP contribution is 2.43. The standard InChI is InChI=1S/C22H25NO7/c1-4-5-11-15(24)16(25)17-13(2)18(26)21(30-17)12-22(29-3,23-20(21)28)19(27)14-9-7-6-8-10-14/h5-11,15-16,24-25H,4,12H2,1-3H3,(H,23,28)/b11-5-/t15-,16-,21-,22-/m0/s1. The van der Waals surface area contributed by atoms with Crippen molar-refractivity contribution < 1.29 is 34.1 Å². The molecule has 1 saturated heterocycles. The summed E-state index contributed by atoms with van der Waals surface area (Å²) in [5, 5.41) is 23.1. The van der Waals surface area contributed by atoms with E-state index in [-0.39, 0.29) is 11.3 Å². The number of nitrogens with one attached hydrogen (secondary N) is 1. The Hall–Kier alpha value is -2.81. The average molecular weight is 415 g/mol. The molecule has 0 aliphatic carbocycles. The molecular formula is C22H25NO7. The van der Waals surface area contributed by atoms with Crippen molar-refractivity contribution in [1.29, 1.82) is 0 Å². The van der Waals surface area contributed by atoms with Gasteiger partial charge in [0, 0.05) is 18.2 Å². The Morgan fingerprint density at radius 3 is 2.57 bits per heavy atom. The van der Waals surface area contributed by atoms with Crippen molar-refractivity contribution in [3.8, 4) is 0 Å². The molecule has 0 unspecified atom stereocenters. The molecule has 8 heteroatoms. The van der Waals surface area contributed by atoms with E-state index < -0.39 is 47.4 Å². The SMILES string of the molecule is CC/C=C\[C@H](O)[C@H](O)C1=C(C)C(=O)[C@]2(C[C@](OC)(C(=O)c3ccccc3)NC2=O)O1. The molecule has 8 nitrogen and oxygen atoms in total. The van der Waals surface area contributed by atoms with Crippen molar-refractivity contribution in [2.45, 2.75) is 50.2 Å². The molecule has 160 valence electrons. The number of hydrogen-bond acceptors (Lipinski definition) is 7. The predicted octanol–water partition coefficient (Wildman–Crippen LogP) is 1.03. The van der Waals surface area contributed by atoms with Crippen molar-refractivity contribution in [1.82, 2.24) is 5.32 Å². The molecule has 30 heavy (non-hydrogen) atoms. The molecule has 0 aromatic heterocycles. The fourth-order valence-electron chi connectivity index (χ4n) is 3.74. The Balaban J connectivity index is 1.92. The van der Waals surface area contributed by atoms with E-state index in [9.17, 15) is 24.6 Å². The normalized spacial score (nSPS) is 28.2. The third-order valence-electron chi connectivity index (χ3n) is 5.45. The summed E-state index contributed by atoms with van der Waals surface area (Å²) in [7, 11) is 1.26. The molecule has 1 aromatic rings. The lowest BCUT2D eigenvalue weighted by Crippen LogP contribution is -2.50. The Morgan fingerprint density at radius 2 is 1.97 bits per heavy atom. The van der Waals surface area contributed by atoms with E-state index >= 15 is 0 Å². The molecule has 0 bridgehead atoms. The van der Waals surface area contributed by atoms with E-state index in [2.05, 4.69) is 5.32 Å². The zero-order valence-corrected chi connectivity index (χ0v) is 17.0. The maximum atomic E-state index is 13.1. The van der Waals surface area contributed by atoms with Gasteiger partial charge in [0.25, 0.3) is 11.5 Å². The lowest BCUT2D eigenvalue weighted by molar-refractivity contribution is -0.146. The third-order valence-corrected chi connectivity index (χ3v) is 5.45. The first-order chi connectivity index (χ1) is 14.2. The van der Waals surface area contributed by atoms with Gasteiger partial charge in [0.05, 0.1) is 6.42 Å². The average Bonchev–Trinajstić information content (AvgIpc) is 3.20. The van der Waals surface area contributed by atoms with Crippen LogP contribution in [0.5, 0.6) is 0 Å². The largest absolute Gasteiger partial charge is 0.470 e. The van der Waals surface area contributed by atoms with Gasteiger partial charge >= 0.3 is 0 Å². The van der Waals surface area contributed by atoms with Crippen molar-refractivity contribution in [2.75, 3.05) is 7.11 Å². The Kier molecular flexibility index (Phi) is 5.94. The van der Waals surface area contributed by atoms with Crippen LogP contribution in [0, 0.1) is 0 Å². The first-order valence-electron chi connectivity index (χ1n) is 9.67. The number of ketones is 2. The van der Waals surface area contributed by atoms with E-state index in [1.807, 2.05) is 6.92 Å². The van der Waals surface area contributed by atoms with Gasteiger partial charge in [-0.05, 0) is 13.3 Å². The summed E-state index contributed by atoms with van der Waals surface area (Å²) in [5.74, 6) is -2.23. The van der Waals surface area contributed by atoms with E-state index in [0.29, 0.717) is 12.0 Å². The van der Waals surface area contributed by atoms with Crippen LogP contribution >= 0.6 is 0 Å². The van der Waals surface area contributed by atoms with Gasteiger partial charge in [-0.3, -0.25) is 14.4 Å². The van der Waals surface area contributed by atoms with Gasteiger partial charge < -0.3 is 25.0 Å². The van der Waals surface area contributed by atoms with Crippen LogP contribution in [0.15, 0.2) is 53.8 Å². The highest BCUT2D eigenvalue weighted by atomic mass is 16.6. The second kappa shape index (κ2) is 8.14. The van der Waals surface area contributed by atoms with Crippen LogP contribution in [0.1, 0.15) is 37.0 Å². The maximum absolute atomic E-state index is 13.1. The zero-order valence-electron chi connectivity index (χ0n) is 17.0. The topological polar surface area (TPSA) is 122 Å². The Bertz CT molecular complexity index is 923. The van der Waals surface area contributed by atoms with Crippen LogP contribution in [0.4, 0.5) is 0 Å². The first-order valence-corrected chi connectivity index (χ1v) is 9.67. The molecule has 3 N–H and O–H groups in total. The van der Waals surface area contributed by atoms with Gasteiger partial charge in [-0.25, -0.2) is 0 Å². The van der Waals surface area contributed by atoms with Crippen LogP contribution in [0.3, 0.4) is 0 Å². The lowest BCUT2D eigenvalue weighted by Gasteiger charge is -2.27. The number of aliphatic hydroxyl groups excluding tert-OH is 2. The van der Waals surface area contributed by atoms with Gasteiger partial charge in [0.1, 0.15) is 18.0 Å². The van der Waals surface area contributed by atoms with Crippen LogP contribution in [0.2, 0.25) is 0 Å². The van der Waals surface area contributed by atoms with Gasteiger partial charge in [-0.15, -0.1) is 0 Å². The minimum absolute atomic E-state index is 0.0145. The van der Waals surface area contributed by atoms with Gasteiger partial charge in [-0.2, -0.15) is 0 Å². The number of allylic oxidation sites excluding steroid dienone is 1. The summed E-state index contributed by atoms with van der Waals surface area (Å²) in [6.45, 7) is 3.27. The van der Waals surface area contributed by atoms with E-state index in [4.69, 9.17) is 9.47 Å². The quantitative estimate of drug-likeness (QED) is 0.345. The summed E-state index contributed by atoms with van der Waals surface area (Å²) in [5.41, 5.74) is -3.53. The van der Waals surface area contributed by atoms with Crippen molar-refractivity contribution >= 4 is 17.5 Å². The number of carbonyl (C=O) groups excluding carboxylic acids is 3. The van der Waals surface area contributed by atoms with E-state index in [1.165, 1.54) is 20.1 Å². The molecule has 2 aliphatic heterocycles. The Labute approximate surface area is 174 Å². The molecule has 1 aromatic carbocycles. The zero-order chi connectivity index (χ0) is 22.1. The van der Waals surface area contributed by atoms with Crippen molar-refractivity contribution in [3.63, 3.8) is 0 Å². The molecule has 0 radical (unpaired) electrons. The smallest absolute Gasteiger partial charge is 0.275 e. The molecule has 1 spiro atoms. The van der Waals surface area contributed by atoms with Crippen molar-refractivity contribution in [3.05, 3.63) is 59.4 Å². The fraction of sp³-hybridized carbons (Fsp3) is 0.409. The van der Waals surface area contributed by atoms with Crippen LogP contribution < -0.4 is 5.32 Å². The van der Waals surface area contributed by atoms with Crippen molar-refractivity contribution in [2.24, 2.45) is 0 Å². The van der Waals surface area contributed by atoms with Gasteiger partial charge in [-0.1, -0.05) is 49.4 Å². The Morgan fingerprint density at radius 1 is 1.30 bits per heavy atom. The molecule has 0 saturated carbocycles. The lowest BCUT2D eigenvalue weighted by atomic mass is 9.88. The second-order valence-corrected chi connectivity index (χ2v) is 7.38. The molecule has 2 heterocycles. The van der Waals surface area contributed by atoms with Gasteiger partial charge in [0.2, 0.25) is 17.3 Å². The minimum Gasteiger partial charge on any atom is -0.470 e. The van der Waals surface area contributed by atoms with Crippen LogP contribution in [-0.2, 0) is 19.1 Å². The first kappa shape index (κ1) is 21.9. The number of aliphatic hydroxyl groups is 2. The fourth-order valence-corrected chi connectivity index (χ4v) is 3.74. The number of methoxy groups -OCH3 is 1. The highest BCUT2D eigenvalue weighted by Gasteiger charge is 2.67. The predicted molar refractivity (Wildman–Crippen MR) is 106 cm³/mol. The number of amides is 1. The maximum Gasteiger partial charge on any atom is 0.275 e. The summed E-state index contributed by atoms with van der Waals surface area (Å²) in [6, 6.07) is 8.24. The van der Waals surface area contributed by atoms with Crippen LogP contribution in [-0.4, -0.2) is 58.3 Å². The molecule has 1 fully saturated rings. The number of carbonyl (C=O) groups is 3. The second-order valence-electron chi connectivity index (χ2n) is 7.38. The molecule has 1 amide bonds. The summed E-state index contributed by atoms with van der Waals surface area (Å²) >= 11 is 0. The number of Topliss-reactive ketones (excluding diaryl/α,β-unsaturated/α-hetero) is 2. The number of benzene rings is 1. The highest BCUT2D eigenvalue weighted by molar-refractivity contribution is 6.22. The van der Waals surface area contributed by atoms with Crippen LogP contribution in [0.25, 0.3) is 0 Å². The van der Waals surface area contributed by atoms with E-state index in [1.54, 1.807) is 36.4 Å². The summed E-state index contributed by atoms with van der Waals surface area (Å²) in [6.07, 6.45) is 0.429. The molecule has 3 rings (SSSR count). The van der Waals surface area contributed by atoms with E-state index in [0.717, 1.165) is 0 Å². The number of hydrogen-bond donors (Lipinski definition) is 3. The molecule has 4 atom stereocenters. The summed E-state index contributed by atoms with van der Waals surface area (Å²) in [4.78, 5) is 39.0. The number of ether oxygens (including phenoxy) is 2. The minimum atomic E-state index is -2.05.